The van der Waals surface area contributed by atoms with E-state index in [4.69, 9.17) is 4.74 Å². The number of oxime groups is 1. The molecule has 7 heteroatoms. The molecule has 7 nitrogen and oxygen atoms in total. The van der Waals surface area contributed by atoms with E-state index in [-0.39, 0.29) is 22.6 Å². The number of hydrogen-bond donors (Lipinski definition) is 1. The fraction of sp³-hybridized carbons (Fsp3) is 0.615. The van der Waals surface area contributed by atoms with Crippen molar-refractivity contribution in [3.05, 3.63) is 51.6 Å². The van der Waals surface area contributed by atoms with Crippen molar-refractivity contribution in [3.63, 3.8) is 0 Å². The van der Waals surface area contributed by atoms with Gasteiger partial charge in [0, 0.05) is 24.0 Å². The Balaban J connectivity index is 1.29. The molecule has 0 aromatic heterocycles. The summed E-state index contributed by atoms with van der Waals surface area (Å²) in [4.78, 5) is 23.0. The highest BCUT2D eigenvalue weighted by molar-refractivity contribution is 5.92. The zero-order valence-corrected chi connectivity index (χ0v) is 19.3. The summed E-state index contributed by atoms with van der Waals surface area (Å²) in [6.07, 6.45) is 10.2. The summed E-state index contributed by atoms with van der Waals surface area (Å²) in [7, 11) is 0. The van der Waals surface area contributed by atoms with Crippen LogP contribution in [0.2, 0.25) is 0 Å². The van der Waals surface area contributed by atoms with Crippen molar-refractivity contribution in [1.82, 2.24) is 0 Å². The highest BCUT2D eigenvalue weighted by Gasteiger charge is 2.58. The van der Waals surface area contributed by atoms with E-state index >= 15 is 0 Å². The van der Waals surface area contributed by atoms with Crippen molar-refractivity contribution < 1.29 is 19.7 Å². The van der Waals surface area contributed by atoms with Gasteiger partial charge < -0.3 is 9.94 Å². The number of non-ortho nitro benzene ring substituents is 1. The van der Waals surface area contributed by atoms with E-state index in [1.807, 2.05) is 0 Å². The molecular weight excluding hydrogens is 420 g/mol. The average Bonchev–Trinajstić information content (AvgIpc) is 3.15. The molecule has 4 unspecified atom stereocenters. The lowest BCUT2D eigenvalue weighted by Crippen LogP contribution is -2.50. The maximum atomic E-state index is 12.6. The van der Waals surface area contributed by atoms with E-state index in [9.17, 15) is 20.1 Å². The van der Waals surface area contributed by atoms with Gasteiger partial charge in [0.15, 0.2) is 0 Å². The zero-order valence-electron chi connectivity index (χ0n) is 19.3. The molecule has 6 atom stereocenters. The second kappa shape index (κ2) is 7.96. The molecule has 33 heavy (non-hydrogen) atoms. The van der Waals surface area contributed by atoms with E-state index in [1.54, 1.807) is 0 Å². The maximum absolute atomic E-state index is 12.6. The van der Waals surface area contributed by atoms with Crippen LogP contribution in [0.15, 0.2) is 41.1 Å². The predicted octanol–water partition coefficient (Wildman–Crippen LogP) is 5.91. The molecule has 0 radical (unpaired) electrons. The largest absolute Gasteiger partial charge is 0.458 e. The van der Waals surface area contributed by atoms with Crippen LogP contribution in [0.4, 0.5) is 5.69 Å². The Labute approximate surface area is 194 Å². The summed E-state index contributed by atoms with van der Waals surface area (Å²) >= 11 is 0. The van der Waals surface area contributed by atoms with Gasteiger partial charge in [-0.3, -0.25) is 10.1 Å². The number of benzene rings is 1. The van der Waals surface area contributed by atoms with Crippen LogP contribution in [0.1, 0.15) is 75.6 Å². The Bertz CT molecular complexity index is 1030. The number of allylic oxidation sites excluding steroid dienone is 1. The normalized spacial score (nSPS) is 38.6. The molecule has 0 heterocycles. The summed E-state index contributed by atoms with van der Waals surface area (Å²) in [5, 5.41) is 24.0. The number of nitro benzene ring substituents is 1. The predicted molar refractivity (Wildman–Crippen MR) is 123 cm³/mol. The minimum atomic E-state index is -0.475. The molecule has 3 fully saturated rings. The third kappa shape index (κ3) is 3.47. The molecular formula is C26H32N2O5. The van der Waals surface area contributed by atoms with Crippen LogP contribution < -0.4 is 0 Å². The smallest absolute Gasteiger partial charge is 0.338 e. The van der Waals surface area contributed by atoms with Crippen molar-refractivity contribution in [2.75, 3.05) is 0 Å². The van der Waals surface area contributed by atoms with E-state index in [1.165, 1.54) is 29.8 Å². The van der Waals surface area contributed by atoms with Crippen LogP contribution in [0, 0.1) is 38.7 Å². The summed E-state index contributed by atoms with van der Waals surface area (Å²) in [5.74, 6) is 1.41. The van der Waals surface area contributed by atoms with Crippen LogP contribution in [0.3, 0.4) is 0 Å². The summed E-state index contributed by atoms with van der Waals surface area (Å²) in [5.41, 5.74) is 2.90. The number of esters is 1. The molecule has 1 aromatic carbocycles. The number of carbonyl (C=O) groups excluding carboxylic acids is 1. The molecule has 176 valence electrons. The highest BCUT2D eigenvalue weighted by atomic mass is 16.6. The van der Waals surface area contributed by atoms with E-state index in [0.717, 1.165) is 57.1 Å². The quantitative estimate of drug-likeness (QED) is 0.202. The van der Waals surface area contributed by atoms with Crippen LogP contribution in [0.5, 0.6) is 0 Å². The molecule has 1 N–H and O–H groups in total. The first-order valence-electron chi connectivity index (χ1n) is 12.1. The van der Waals surface area contributed by atoms with Crippen LogP contribution in [0.25, 0.3) is 0 Å². The summed E-state index contributed by atoms with van der Waals surface area (Å²) < 4.78 is 5.83. The Morgan fingerprint density at radius 1 is 1.12 bits per heavy atom. The summed E-state index contributed by atoms with van der Waals surface area (Å²) in [6.45, 7) is 4.70. The lowest BCUT2D eigenvalue weighted by atomic mass is 9.48. The second-order valence-corrected chi connectivity index (χ2v) is 10.9. The van der Waals surface area contributed by atoms with Gasteiger partial charge in [-0.25, -0.2) is 4.79 Å². The standard InChI is InChI=1S/C26H32N2O5/c1-25-13-11-19(33-24(29)16-3-6-18(7-4-16)28(31)32)15-17(25)5-8-20-21-9-10-23(27-30)26(21,2)14-12-22(20)25/h3-7,19-22,30H,8-15H2,1-2H3/b27-23+/t19?,20?,21?,22?,25-,26-/m0/s1. The molecule has 1 aromatic rings. The van der Waals surface area contributed by atoms with Gasteiger partial charge in [0.2, 0.25) is 0 Å². The van der Waals surface area contributed by atoms with Gasteiger partial charge in [0.25, 0.3) is 5.69 Å². The van der Waals surface area contributed by atoms with Gasteiger partial charge in [-0.15, -0.1) is 0 Å². The number of carbonyl (C=O) groups is 1. The average molecular weight is 453 g/mol. The van der Waals surface area contributed by atoms with E-state index in [2.05, 4.69) is 25.1 Å². The lowest BCUT2D eigenvalue weighted by Gasteiger charge is -2.57. The number of ether oxygens (including phenoxy) is 1. The van der Waals surface area contributed by atoms with Crippen molar-refractivity contribution in [3.8, 4) is 0 Å². The van der Waals surface area contributed by atoms with Crippen molar-refractivity contribution in [2.24, 2.45) is 33.7 Å². The Kier molecular flexibility index (Phi) is 5.33. The highest BCUT2D eigenvalue weighted by Crippen LogP contribution is 2.64. The van der Waals surface area contributed by atoms with Gasteiger partial charge in [-0.05, 0) is 80.2 Å². The van der Waals surface area contributed by atoms with Crippen molar-refractivity contribution >= 4 is 17.4 Å². The molecule has 0 aliphatic heterocycles. The minimum absolute atomic E-state index is 0.0368. The van der Waals surface area contributed by atoms with Crippen LogP contribution in [-0.4, -0.2) is 27.9 Å². The molecule has 0 saturated heterocycles. The molecule has 0 amide bonds. The van der Waals surface area contributed by atoms with Crippen molar-refractivity contribution in [1.29, 1.82) is 0 Å². The number of hydrogen-bond acceptors (Lipinski definition) is 6. The molecule has 5 rings (SSSR count). The molecule has 0 bridgehead atoms. The third-order valence-electron chi connectivity index (χ3n) is 9.51. The van der Waals surface area contributed by atoms with Gasteiger partial charge in [-0.1, -0.05) is 30.7 Å². The second-order valence-electron chi connectivity index (χ2n) is 10.9. The molecule has 4 aliphatic carbocycles. The number of nitro groups is 1. The first-order chi connectivity index (χ1) is 15.8. The maximum Gasteiger partial charge on any atom is 0.338 e. The monoisotopic (exact) mass is 452 g/mol. The molecule has 4 aliphatic rings. The van der Waals surface area contributed by atoms with Crippen LogP contribution >= 0.6 is 0 Å². The van der Waals surface area contributed by atoms with Crippen LogP contribution in [-0.2, 0) is 4.74 Å². The Morgan fingerprint density at radius 2 is 1.82 bits per heavy atom. The first kappa shape index (κ1) is 22.1. The fourth-order valence-electron chi connectivity index (χ4n) is 7.62. The fourth-order valence-corrected chi connectivity index (χ4v) is 7.62. The number of nitrogens with zero attached hydrogens (tertiary/aromatic N) is 2. The molecule has 3 saturated carbocycles. The third-order valence-corrected chi connectivity index (χ3v) is 9.51. The van der Waals surface area contributed by atoms with Gasteiger partial charge in [0.1, 0.15) is 6.10 Å². The van der Waals surface area contributed by atoms with E-state index in [0.29, 0.717) is 23.3 Å². The van der Waals surface area contributed by atoms with Gasteiger partial charge >= 0.3 is 5.97 Å². The molecule has 0 spiro atoms. The minimum Gasteiger partial charge on any atom is -0.458 e. The Morgan fingerprint density at radius 3 is 2.52 bits per heavy atom. The number of fused-ring (bicyclic) bond motifs is 5. The van der Waals surface area contributed by atoms with Gasteiger partial charge in [0.05, 0.1) is 16.2 Å². The zero-order chi connectivity index (χ0) is 23.4. The van der Waals surface area contributed by atoms with E-state index < -0.39 is 10.9 Å². The first-order valence-corrected chi connectivity index (χ1v) is 12.1. The Hall–Kier alpha value is -2.70. The lowest BCUT2D eigenvalue weighted by molar-refractivity contribution is -0.384. The summed E-state index contributed by atoms with van der Waals surface area (Å²) in [6, 6.07) is 5.60. The van der Waals surface area contributed by atoms with Crippen molar-refractivity contribution in [2.45, 2.75) is 71.3 Å². The topological polar surface area (TPSA) is 102 Å². The van der Waals surface area contributed by atoms with Gasteiger partial charge in [-0.2, -0.15) is 0 Å². The SMILES string of the molecule is C[C@]12CCC(OC(=O)c3ccc([N+](=O)[O-])cc3)CC1=CCC1C2CC[C@]2(C)/C(=N/O)CCC12. The number of rotatable bonds is 3.